The van der Waals surface area contributed by atoms with Crippen LogP contribution in [0.4, 0.5) is 15.9 Å². The molecule has 1 aliphatic heterocycles. The number of nitrogens with one attached hydrogen (secondary N) is 1. The van der Waals surface area contributed by atoms with E-state index in [0.717, 1.165) is 23.4 Å². The third-order valence-corrected chi connectivity index (χ3v) is 6.42. The SMILES string of the molecule is C[C@@H](Nc1ccccc1C(=O)O)c1cc(F)cn2c(=O)c(C#N)c(N3CCC(C)(C)CC3)nc12. The Balaban J connectivity index is 1.83. The van der Waals surface area contributed by atoms with Gasteiger partial charge in [0, 0.05) is 30.5 Å². The molecule has 1 fully saturated rings. The second-order valence-electron chi connectivity index (χ2n) is 9.40. The molecular weight excluding hydrogens is 437 g/mol. The number of benzene rings is 1. The van der Waals surface area contributed by atoms with E-state index >= 15 is 0 Å². The Bertz CT molecular complexity index is 1370. The van der Waals surface area contributed by atoms with Gasteiger partial charge in [-0.15, -0.1) is 0 Å². The molecule has 0 unspecified atom stereocenters. The standard InChI is InChI=1S/C25H26FN5O3/c1-15(28-20-7-5-4-6-17(20)24(33)34)18-12-16(26)14-31-22(18)29-21(19(13-27)23(31)32)30-10-8-25(2,3)9-11-30/h4-7,12,14-15,28H,8-11H2,1-3H3,(H,33,34)/t15-/m1/s1. The third-order valence-electron chi connectivity index (χ3n) is 6.42. The summed E-state index contributed by atoms with van der Waals surface area (Å²) in [6.07, 6.45) is 2.80. The molecule has 0 radical (unpaired) electrons. The van der Waals surface area contributed by atoms with Crippen LogP contribution in [0.15, 0.2) is 41.3 Å². The van der Waals surface area contributed by atoms with Gasteiger partial charge in [0.1, 0.15) is 17.5 Å². The zero-order valence-corrected chi connectivity index (χ0v) is 19.3. The maximum atomic E-state index is 14.6. The number of aromatic carboxylic acids is 1. The van der Waals surface area contributed by atoms with Gasteiger partial charge in [-0.1, -0.05) is 26.0 Å². The third kappa shape index (κ3) is 4.31. The summed E-state index contributed by atoms with van der Waals surface area (Å²) in [5, 5.41) is 22.3. The zero-order chi connectivity index (χ0) is 24.6. The molecule has 1 atom stereocenters. The average molecular weight is 464 g/mol. The van der Waals surface area contributed by atoms with Crippen LogP contribution < -0.4 is 15.8 Å². The first-order valence-corrected chi connectivity index (χ1v) is 11.1. The van der Waals surface area contributed by atoms with Gasteiger partial charge in [-0.3, -0.25) is 9.20 Å². The van der Waals surface area contributed by atoms with E-state index in [1.54, 1.807) is 25.1 Å². The number of aromatic nitrogens is 2. The Kier molecular flexibility index (Phi) is 6.00. The fraction of sp³-hybridized carbons (Fsp3) is 0.360. The smallest absolute Gasteiger partial charge is 0.337 e. The maximum absolute atomic E-state index is 14.6. The molecule has 3 heterocycles. The normalized spacial score (nSPS) is 16.1. The van der Waals surface area contributed by atoms with E-state index in [9.17, 15) is 24.3 Å². The quantitative estimate of drug-likeness (QED) is 0.583. The summed E-state index contributed by atoms with van der Waals surface area (Å²) in [6.45, 7) is 7.41. The van der Waals surface area contributed by atoms with Crippen molar-refractivity contribution in [3.63, 3.8) is 0 Å². The summed E-state index contributed by atoms with van der Waals surface area (Å²) in [4.78, 5) is 31.4. The predicted molar refractivity (Wildman–Crippen MR) is 127 cm³/mol. The van der Waals surface area contributed by atoms with Crippen molar-refractivity contribution in [2.45, 2.75) is 39.7 Å². The number of piperidine rings is 1. The van der Waals surface area contributed by atoms with E-state index in [0.29, 0.717) is 30.2 Å². The van der Waals surface area contributed by atoms with Crippen LogP contribution in [0.2, 0.25) is 0 Å². The lowest BCUT2D eigenvalue weighted by Crippen LogP contribution is -2.39. The number of nitrogens with zero attached hydrogens (tertiary/aromatic N) is 4. The molecule has 0 spiro atoms. The second-order valence-corrected chi connectivity index (χ2v) is 9.40. The maximum Gasteiger partial charge on any atom is 0.337 e. The summed E-state index contributed by atoms with van der Waals surface area (Å²) >= 11 is 0. The predicted octanol–water partition coefficient (Wildman–Crippen LogP) is 4.20. The van der Waals surface area contributed by atoms with E-state index in [1.807, 2.05) is 11.0 Å². The molecule has 1 aromatic carbocycles. The van der Waals surface area contributed by atoms with E-state index in [1.165, 1.54) is 12.1 Å². The molecule has 2 aromatic heterocycles. The fourth-order valence-electron chi connectivity index (χ4n) is 4.30. The molecule has 8 nitrogen and oxygen atoms in total. The van der Waals surface area contributed by atoms with Gasteiger partial charge in [0.25, 0.3) is 5.56 Å². The Hall–Kier alpha value is -3.93. The van der Waals surface area contributed by atoms with E-state index in [-0.39, 0.29) is 22.2 Å². The number of para-hydroxylation sites is 1. The number of hydrogen-bond acceptors (Lipinski definition) is 6. The van der Waals surface area contributed by atoms with Crippen LogP contribution in [0.3, 0.4) is 0 Å². The number of halogens is 1. The number of carboxylic acid groups (broad SMARTS) is 1. The first-order chi connectivity index (χ1) is 16.1. The van der Waals surface area contributed by atoms with Crippen molar-refractivity contribution < 1.29 is 14.3 Å². The highest BCUT2D eigenvalue weighted by molar-refractivity contribution is 5.94. The van der Waals surface area contributed by atoms with Crippen molar-refractivity contribution in [2.75, 3.05) is 23.3 Å². The van der Waals surface area contributed by atoms with E-state index in [2.05, 4.69) is 24.1 Å². The lowest BCUT2D eigenvalue weighted by molar-refractivity contribution is 0.0698. The van der Waals surface area contributed by atoms with Gasteiger partial charge in [-0.2, -0.15) is 5.26 Å². The Morgan fingerprint density at radius 3 is 2.62 bits per heavy atom. The minimum atomic E-state index is -1.09. The summed E-state index contributed by atoms with van der Waals surface area (Å²) in [5.74, 6) is -1.46. The number of nitriles is 1. The molecule has 0 amide bonds. The minimum Gasteiger partial charge on any atom is -0.478 e. The Morgan fingerprint density at radius 1 is 1.29 bits per heavy atom. The lowest BCUT2D eigenvalue weighted by atomic mass is 9.82. The van der Waals surface area contributed by atoms with Crippen molar-refractivity contribution in [2.24, 2.45) is 5.41 Å². The number of rotatable bonds is 5. The molecule has 9 heteroatoms. The molecule has 34 heavy (non-hydrogen) atoms. The van der Waals surface area contributed by atoms with Gasteiger partial charge in [0.15, 0.2) is 11.4 Å². The fourth-order valence-corrected chi connectivity index (χ4v) is 4.30. The number of carbonyl (C=O) groups is 1. The summed E-state index contributed by atoms with van der Waals surface area (Å²) in [5.41, 5.74) is 0.442. The highest BCUT2D eigenvalue weighted by atomic mass is 19.1. The number of hydrogen-bond donors (Lipinski definition) is 2. The summed E-state index contributed by atoms with van der Waals surface area (Å²) < 4.78 is 15.6. The number of carboxylic acids is 1. The Morgan fingerprint density at radius 2 is 1.97 bits per heavy atom. The molecule has 1 aliphatic rings. The van der Waals surface area contributed by atoms with Gasteiger partial charge in [-0.25, -0.2) is 14.2 Å². The van der Waals surface area contributed by atoms with Crippen molar-refractivity contribution in [3.8, 4) is 6.07 Å². The highest BCUT2D eigenvalue weighted by Crippen LogP contribution is 2.33. The topological polar surface area (TPSA) is 111 Å². The molecule has 1 saturated heterocycles. The lowest BCUT2D eigenvalue weighted by Gasteiger charge is -2.37. The van der Waals surface area contributed by atoms with Crippen LogP contribution in [0.5, 0.6) is 0 Å². The molecular formula is C25H26FN5O3. The largest absolute Gasteiger partial charge is 0.478 e. The number of fused-ring (bicyclic) bond motifs is 1. The van der Waals surface area contributed by atoms with E-state index < -0.39 is 23.4 Å². The molecule has 0 aliphatic carbocycles. The molecule has 0 saturated carbocycles. The van der Waals surface area contributed by atoms with Gasteiger partial charge in [0.2, 0.25) is 0 Å². The molecule has 176 valence electrons. The van der Waals surface area contributed by atoms with Crippen LogP contribution in [0, 0.1) is 22.6 Å². The van der Waals surface area contributed by atoms with Crippen LogP contribution in [0.25, 0.3) is 5.65 Å². The molecule has 2 N–H and O–H groups in total. The van der Waals surface area contributed by atoms with Gasteiger partial charge >= 0.3 is 5.97 Å². The van der Waals surface area contributed by atoms with Crippen LogP contribution in [-0.4, -0.2) is 33.6 Å². The van der Waals surface area contributed by atoms with Crippen molar-refractivity contribution in [1.29, 1.82) is 5.26 Å². The monoisotopic (exact) mass is 463 g/mol. The van der Waals surface area contributed by atoms with Crippen LogP contribution >= 0.6 is 0 Å². The summed E-state index contributed by atoms with van der Waals surface area (Å²) in [6, 6.07) is 9.06. The first-order valence-electron chi connectivity index (χ1n) is 11.1. The molecule has 0 bridgehead atoms. The van der Waals surface area contributed by atoms with Gasteiger partial charge < -0.3 is 15.3 Å². The molecule has 3 aromatic rings. The first kappa shape index (κ1) is 23.2. The zero-order valence-electron chi connectivity index (χ0n) is 19.3. The van der Waals surface area contributed by atoms with Crippen molar-refractivity contribution in [1.82, 2.24) is 9.38 Å². The molecule has 4 rings (SSSR count). The summed E-state index contributed by atoms with van der Waals surface area (Å²) in [7, 11) is 0. The van der Waals surface area contributed by atoms with Crippen LogP contribution in [0.1, 0.15) is 61.1 Å². The van der Waals surface area contributed by atoms with Crippen molar-refractivity contribution >= 4 is 23.1 Å². The van der Waals surface area contributed by atoms with E-state index in [4.69, 9.17) is 0 Å². The van der Waals surface area contributed by atoms with Crippen molar-refractivity contribution in [3.05, 3.63) is 69.4 Å². The van der Waals surface area contributed by atoms with Crippen LogP contribution in [-0.2, 0) is 0 Å². The number of anilines is 2. The number of pyridine rings is 1. The average Bonchev–Trinajstić information content (AvgIpc) is 2.79. The minimum absolute atomic E-state index is 0.0728. The van der Waals surface area contributed by atoms with Gasteiger partial charge in [-0.05, 0) is 43.4 Å². The highest BCUT2D eigenvalue weighted by Gasteiger charge is 2.29. The van der Waals surface area contributed by atoms with Gasteiger partial charge in [0.05, 0.1) is 11.6 Å². The Labute approximate surface area is 196 Å². The second kappa shape index (κ2) is 8.78.